The zero-order chi connectivity index (χ0) is 35.6. The third kappa shape index (κ3) is 5.99. The lowest BCUT2D eigenvalue weighted by Gasteiger charge is -2.24. The minimum absolute atomic E-state index is 0.985. The second-order valence-electron chi connectivity index (χ2n) is 13.6. The predicted molar refractivity (Wildman–Crippen MR) is 227 cm³/mol. The summed E-state index contributed by atoms with van der Waals surface area (Å²) in [6, 6.07) is 58.9. The van der Waals surface area contributed by atoms with Gasteiger partial charge in [0.2, 0.25) is 0 Å². The molecule has 0 atom stereocenters. The normalized spacial score (nSPS) is 11.4. The van der Waals surface area contributed by atoms with Gasteiger partial charge in [0.25, 0.3) is 0 Å². The van der Waals surface area contributed by atoms with Crippen LogP contribution in [0, 0.1) is 0 Å². The lowest BCUT2D eigenvalue weighted by molar-refractivity contribution is 0.866. The monoisotopic (exact) mass is 674 g/mol. The van der Waals surface area contributed by atoms with Gasteiger partial charge in [0.1, 0.15) is 0 Å². The molecule has 0 aromatic heterocycles. The molecule has 0 aliphatic rings. The fourth-order valence-corrected chi connectivity index (χ4v) is 8.17. The molecule has 0 N–H and O–H groups in total. The van der Waals surface area contributed by atoms with Gasteiger partial charge in [0.05, 0.1) is 0 Å². The van der Waals surface area contributed by atoms with E-state index >= 15 is 0 Å². The first kappa shape index (κ1) is 33.3. The van der Waals surface area contributed by atoms with Crippen LogP contribution in [0.2, 0.25) is 0 Å². The molecule has 8 rings (SSSR count). The van der Waals surface area contributed by atoms with Crippen molar-refractivity contribution in [3.8, 4) is 11.1 Å². The molecular weight excluding hydrogens is 629 g/mol. The van der Waals surface area contributed by atoms with E-state index in [4.69, 9.17) is 0 Å². The summed E-state index contributed by atoms with van der Waals surface area (Å²) < 4.78 is 0. The Morgan fingerprint density at radius 3 is 1.29 bits per heavy atom. The van der Waals surface area contributed by atoms with Gasteiger partial charge >= 0.3 is 0 Å². The second-order valence-corrected chi connectivity index (χ2v) is 13.6. The molecule has 2 nitrogen and oxygen atoms in total. The average molecular weight is 675 g/mol. The van der Waals surface area contributed by atoms with Crippen molar-refractivity contribution in [3.63, 3.8) is 0 Å². The predicted octanol–water partition coefficient (Wildman–Crippen LogP) is 13.0. The van der Waals surface area contributed by atoms with Gasteiger partial charge in [0.15, 0.2) is 0 Å². The molecule has 52 heavy (non-hydrogen) atoms. The zero-order valence-corrected chi connectivity index (χ0v) is 30.7. The molecule has 0 bridgehead atoms. The maximum atomic E-state index is 2.40. The highest BCUT2D eigenvalue weighted by molar-refractivity contribution is 6.25. The first-order valence-corrected chi connectivity index (χ1v) is 18.9. The van der Waals surface area contributed by atoms with Crippen LogP contribution in [0.5, 0.6) is 0 Å². The number of benzene rings is 8. The van der Waals surface area contributed by atoms with Gasteiger partial charge in [-0.05, 0) is 129 Å². The van der Waals surface area contributed by atoms with Crippen LogP contribution < -0.4 is 9.80 Å². The summed E-state index contributed by atoms with van der Waals surface area (Å²) in [5, 5.41) is 7.89. The molecule has 8 aromatic rings. The SMILES string of the molecule is CCN(CC)c1ccc(C(=C(c2ccccc2)c2ccc(-c3ccc4ccc5cccc6ccc3c4c56)cc2)c2ccc(N(CC)CC)cc2)cc1. The highest BCUT2D eigenvalue weighted by Gasteiger charge is 2.18. The van der Waals surface area contributed by atoms with Crippen molar-refractivity contribution < 1.29 is 0 Å². The van der Waals surface area contributed by atoms with Gasteiger partial charge in [0, 0.05) is 37.6 Å². The third-order valence-electron chi connectivity index (χ3n) is 10.9. The fourth-order valence-electron chi connectivity index (χ4n) is 8.17. The lowest BCUT2D eigenvalue weighted by Crippen LogP contribution is -2.21. The van der Waals surface area contributed by atoms with Crippen molar-refractivity contribution in [2.45, 2.75) is 27.7 Å². The van der Waals surface area contributed by atoms with Gasteiger partial charge < -0.3 is 9.80 Å². The third-order valence-corrected chi connectivity index (χ3v) is 10.9. The van der Waals surface area contributed by atoms with Crippen LogP contribution in [0.1, 0.15) is 49.9 Å². The molecule has 8 aromatic carbocycles. The summed E-state index contributed by atoms with van der Waals surface area (Å²) in [4.78, 5) is 4.81. The van der Waals surface area contributed by atoms with Gasteiger partial charge in [-0.3, -0.25) is 0 Å². The first-order chi connectivity index (χ1) is 25.6. The lowest BCUT2D eigenvalue weighted by atomic mass is 9.84. The highest BCUT2D eigenvalue weighted by Crippen LogP contribution is 2.41. The molecule has 0 spiro atoms. The summed E-state index contributed by atoms with van der Waals surface area (Å²) in [7, 11) is 0. The van der Waals surface area contributed by atoms with Crippen molar-refractivity contribution in [1.82, 2.24) is 0 Å². The summed E-state index contributed by atoms with van der Waals surface area (Å²) in [6.07, 6.45) is 0. The second kappa shape index (κ2) is 14.4. The van der Waals surface area contributed by atoms with E-state index in [0.717, 1.165) is 26.2 Å². The van der Waals surface area contributed by atoms with Crippen LogP contribution >= 0.6 is 0 Å². The van der Waals surface area contributed by atoms with Gasteiger partial charge in [-0.25, -0.2) is 0 Å². The van der Waals surface area contributed by atoms with E-state index in [2.05, 4.69) is 195 Å². The van der Waals surface area contributed by atoms with Crippen molar-refractivity contribution >= 4 is 54.8 Å². The molecule has 0 saturated carbocycles. The van der Waals surface area contributed by atoms with Crippen molar-refractivity contribution in [2.75, 3.05) is 36.0 Å². The topological polar surface area (TPSA) is 6.48 Å². The largest absolute Gasteiger partial charge is 0.372 e. The van der Waals surface area contributed by atoms with Crippen LogP contribution in [-0.2, 0) is 0 Å². The Kier molecular flexibility index (Phi) is 9.22. The molecule has 0 aliphatic carbocycles. The molecule has 256 valence electrons. The van der Waals surface area contributed by atoms with Gasteiger partial charge in [-0.2, -0.15) is 0 Å². The molecule has 0 radical (unpaired) electrons. The van der Waals surface area contributed by atoms with Gasteiger partial charge in [-0.1, -0.05) is 133 Å². The number of rotatable bonds is 11. The summed E-state index contributed by atoms with van der Waals surface area (Å²) in [6.45, 7) is 12.8. The van der Waals surface area contributed by atoms with E-state index in [1.807, 2.05) is 0 Å². The van der Waals surface area contributed by atoms with Crippen LogP contribution in [0.15, 0.2) is 158 Å². The Hall–Kier alpha value is -5.86. The Labute approximate surface area is 308 Å². The highest BCUT2D eigenvalue weighted by atomic mass is 15.1. The molecule has 0 heterocycles. The smallest absolute Gasteiger partial charge is 0.0366 e. The summed E-state index contributed by atoms with van der Waals surface area (Å²) in [5.41, 5.74) is 12.3. The van der Waals surface area contributed by atoms with E-state index in [1.165, 1.54) is 88.2 Å². The maximum absolute atomic E-state index is 2.40. The Balaban J connectivity index is 1.31. The van der Waals surface area contributed by atoms with E-state index in [9.17, 15) is 0 Å². The maximum Gasteiger partial charge on any atom is 0.0366 e. The van der Waals surface area contributed by atoms with Crippen molar-refractivity contribution in [1.29, 1.82) is 0 Å². The molecule has 0 aliphatic heterocycles. The van der Waals surface area contributed by atoms with E-state index in [1.54, 1.807) is 0 Å². The van der Waals surface area contributed by atoms with Crippen LogP contribution in [0.25, 0.3) is 54.6 Å². The first-order valence-electron chi connectivity index (χ1n) is 18.9. The Bertz CT molecular complexity index is 2390. The van der Waals surface area contributed by atoms with Crippen LogP contribution in [0.3, 0.4) is 0 Å². The Morgan fingerprint density at radius 2 is 0.788 bits per heavy atom. The fraction of sp³-hybridized carbons (Fsp3) is 0.160. The quantitative estimate of drug-likeness (QED) is 0.0995. The van der Waals surface area contributed by atoms with E-state index in [0.29, 0.717) is 0 Å². The number of hydrogen-bond donors (Lipinski definition) is 0. The molecule has 0 amide bonds. The van der Waals surface area contributed by atoms with Crippen LogP contribution in [-0.4, -0.2) is 26.2 Å². The summed E-state index contributed by atoms with van der Waals surface area (Å²) >= 11 is 0. The Morgan fingerprint density at radius 1 is 0.365 bits per heavy atom. The number of hydrogen-bond acceptors (Lipinski definition) is 2. The van der Waals surface area contributed by atoms with Crippen molar-refractivity contribution in [3.05, 3.63) is 180 Å². The summed E-state index contributed by atoms with van der Waals surface area (Å²) in [5.74, 6) is 0. The average Bonchev–Trinajstić information content (AvgIpc) is 3.21. The van der Waals surface area contributed by atoms with Crippen molar-refractivity contribution in [2.24, 2.45) is 0 Å². The minimum atomic E-state index is 0.985. The van der Waals surface area contributed by atoms with Gasteiger partial charge in [-0.15, -0.1) is 0 Å². The van der Waals surface area contributed by atoms with Crippen LogP contribution in [0.4, 0.5) is 11.4 Å². The molecular formula is C50H46N2. The van der Waals surface area contributed by atoms with E-state index < -0.39 is 0 Å². The standard InChI is InChI=1S/C50H46N2/c1-5-51(6-2)43-29-23-40(24-30-43)48(41-25-31-44(32-26-41)52(7-3)8-4)47(36-13-10-9-11-14-36)39-19-17-35(18-20-39)45-33-27-42-22-21-37-15-12-16-38-28-34-46(45)50(42)49(37)38/h9-34H,5-8H2,1-4H3. The molecule has 0 unspecified atom stereocenters. The number of nitrogens with zero attached hydrogens (tertiary/aromatic N) is 2. The molecule has 2 heteroatoms. The zero-order valence-electron chi connectivity index (χ0n) is 30.7. The molecule has 0 fully saturated rings. The van der Waals surface area contributed by atoms with E-state index in [-0.39, 0.29) is 0 Å². The molecule has 0 saturated heterocycles. The minimum Gasteiger partial charge on any atom is -0.372 e. The number of anilines is 2.